The van der Waals surface area contributed by atoms with Crippen LogP contribution in [0.1, 0.15) is 37.6 Å². The van der Waals surface area contributed by atoms with Gasteiger partial charge in [-0.2, -0.15) is 5.10 Å². The predicted octanol–water partition coefficient (Wildman–Crippen LogP) is 3.67. The van der Waals surface area contributed by atoms with E-state index in [0.717, 1.165) is 44.3 Å². The molecule has 24 heavy (non-hydrogen) atoms. The van der Waals surface area contributed by atoms with Gasteiger partial charge in [-0.25, -0.2) is 0 Å². The summed E-state index contributed by atoms with van der Waals surface area (Å²) < 4.78 is 7.53. The van der Waals surface area contributed by atoms with E-state index in [2.05, 4.69) is 67.3 Å². The number of hydrogen-bond donors (Lipinski definition) is 1. The zero-order chi connectivity index (χ0) is 17.5. The monoisotopic (exact) mass is 330 g/mol. The summed E-state index contributed by atoms with van der Waals surface area (Å²) in [6, 6.07) is 8.49. The highest BCUT2D eigenvalue weighted by molar-refractivity contribution is 5.41. The van der Waals surface area contributed by atoms with Crippen molar-refractivity contribution < 1.29 is 4.74 Å². The summed E-state index contributed by atoms with van der Waals surface area (Å²) in [7, 11) is 1.74. The van der Waals surface area contributed by atoms with E-state index < -0.39 is 0 Å². The van der Waals surface area contributed by atoms with Crippen molar-refractivity contribution in [2.75, 3.05) is 25.5 Å². The molecule has 0 unspecified atom stereocenters. The molecule has 0 saturated carbocycles. The van der Waals surface area contributed by atoms with Gasteiger partial charge in [0.2, 0.25) is 0 Å². The number of rotatable bonds is 9. The van der Waals surface area contributed by atoms with Crippen LogP contribution in [-0.4, -0.2) is 34.9 Å². The standard InChI is InChI=1S/C19H30N4O/c1-6-22(7-2)14-17-12-16(9-10-18(17)24-5)13-20-19-11-15(4)23(8-3)21-19/h9-12H,6-8,13-14H2,1-5H3,(H,20,21). The van der Waals surface area contributed by atoms with Crippen molar-refractivity contribution >= 4 is 5.82 Å². The van der Waals surface area contributed by atoms with Crippen molar-refractivity contribution in [1.82, 2.24) is 14.7 Å². The van der Waals surface area contributed by atoms with E-state index in [-0.39, 0.29) is 0 Å². The Labute approximate surface area is 145 Å². The number of nitrogens with one attached hydrogen (secondary N) is 1. The summed E-state index contributed by atoms with van der Waals surface area (Å²) >= 11 is 0. The van der Waals surface area contributed by atoms with Crippen LogP contribution >= 0.6 is 0 Å². The van der Waals surface area contributed by atoms with E-state index in [4.69, 9.17) is 4.74 Å². The van der Waals surface area contributed by atoms with Gasteiger partial charge >= 0.3 is 0 Å². The molecule has 0 bridgehead atoms. The molecule has 0 radical (unpaired) electrons. The molecule has 132 valence electrons. The molecule has 0 aliphatic rings. The fourth-order valence-electron chi connectivity index (χ4n) is 2.86. The van der Waals surface area contributed by atoms with Gasteiger partial charge in [-0.1, -0.05) is 19.9 Å². The molecule has 0 atom stereocenters. The first-order chi connectivity index (χ1) is 11.6. The molecule has 0 aliphatic heterocycles. The van der Waals surface area contributed by atoms with Crippen LogP contribution < -0.4 is 10.1 Å². The molecular formula is C19H30N4O. The second-order valence-electron chi connectivity index (χ2n) is 5.95. The van der Waals surface area contributed by atoms with Gasteiger partial charge in [0.25, 0.3) is 0 Å². The zero-order valence-electron chi connectivity index (χ0n) is 15.6. The van der Waals surface area contributed by atoms with Gasteiger partial charge in [0, 0.05) is 37.0 Å². The lowest BCUT2D eigenvalue weighted by molar-refractivity contribution is 0.289. The number of aryl methyl sites for hydroxylation is 2. The van der Waals surface area contributed by atoms with Gasteiger partial charge in [0.1, 0.15) is 11.6 Å². The third-order valence-electron chi connectivity index (χ3n) is 4.39. The normalized spacial score (nSPS) is 11.1. The highest BCUT2D eigenvalue weighted by atomic mass is 16.5. The molecule has 0 saturated heterocycles. The van der Waals surface area contributed by atoms with Crippen LogP contribution in [-0.2, 0) is 19.6 Å². The SMILES string of the molecule is CCN(CC)Cc1cc(CNc2cc(C)n(CC)n2)ccc1OC. The molecular weight excluding hydrogens is 300 g/mol. The number of anilines is 1. The van der Waals surface area contributed by atoms with Gasteiger partial charge in [0.05, 0.1) is 7.11 Å². The molecule has 0 spiro atoms. The highest BCUT2D eigenvalue weighted by Gasteiger charge is 2.09. The Morgan fingerprint density at radius 3 is 2.50 bits per heavy atom. The number of methoxy groups -OCH3 is 1. The van der Waals surface area contributed by atoms with Crippen LogP contribution in [0.15, 0.2) is 24.3 Å². The Morgan fingerprint density at radius 1 is 1.17 bits per heavy atom. The number of benzene rings is 1. The molecule has 5 nitrogen and oxygen atoms in total. The Bertz CT molecular complexity index is 647. The maximum Gasteiger partial charge on any atom is 0.148 e. The maximum absolute atomic E-state index is 5.52. The predicted molar refractivity (Wildman–Crippen MR) is 99.6 cm³/mol. The van der Waals surface area contributed by atoms with Crippen LogP contribution in [0.25, 0.3) is 0 Å². The maximum atomic E-state index is 5.52. The highest BCUT2D eigenvalue weighted by Crippen LogP contribution is 2.22. The molecule has 0 aliphatic carbocycles. The largest absolute Gasteiger partial charge is 0.496 e. The Balaban J connectivity index is 2.09. The van der Waals surface area contributed by atoms with Crippen molar-refractivity contribution in [1.29, 1.82) is 0 Å². The molecule has 0 fully saturated rings. The van der Waals surface area contributed by atoms with Gasteiger partial charge in [-0.15, -0.1) is 0 Å². The molecule has 0 amide bonds. The smallest absolute Gasteiger partial charge is 0.148 e. The third-order valence-corrected chi connectivity index (χ3v) is 4.39. The van der Waals surface area contributed by atoms with E-state index in [1.807, 2.05) is 4.68 Å². The summed E-state index contributed by atoms with van der Waals surface area (Å²) in [4.78, 5) is 2.39. The van der Waals surface area contributed by atoms with Crippen molar-refractivity contribution in [3.63, 3.8) is 0 Å². The second-order valence-corrected chi connectivity index (χ2v) is 5.95. The first-order valence-electron chi connectivity index (χ1n) is 8.77. The summed E-state index contributed by atoms with van der Waals surface area (Å²) in [5, 5.41) is 7.96. The van der Waals surface area contributed by atoms with Gasteiger partial charge in [-0.05, 0) is 44.6 Å². The minimum absolute atomic E-state index is 0.759. The van der Waals surface area contributed by atoms with E-state index in [1.54, 1.807) is 7.11 Å². The Hall–Kier alpha value is -2.01. The van der Waals surface area contributed by atoms with Crippen LogP contribution in [0.4, 0.5) is 5.82 Å². The summed E-state index contributed by atoms with van der Waals surface area (Å²) in [6.07, 6.45) is 0. The van der Waals surface area contributed by atoms with Crippen LogP contribution in [0.3, 0.4) is 0 Å². The molecule has 1 aromatic heterocycles. The van der Waals surface area contributed by atoms with Crippen LogP contribution in [0, 0.1) is 6.92 Å². The summed E-state index contributed by atoms with van der Waals surface area (Å²) in [6.45, 7) is 13.2. The van der Waals surface area contributed by atoms with Crippen LogP contribution in [0.5, 0.6) is 5.75 Å². The summed E-state index contributed by atoms with van der Waals surface area (Å²) in [5.74, 6) is 1.88. The number of hydrogen-bond acceptors (Lipinski definition) is 4. The second kappa shape index (κ2) is 8.73. The molecule has 1 N–H and O–H groups in total. The zero-order valence-corrected chi connectivity index (χ0v) is 15.6. The topological polar surface area (TPSA) is 42.3 Å². The molecule has 1 aromatic carbocycles. The van der Waals surface area contributed by atoms with E-state index in [1.165, 1.54) is 16.8 Å². The fraction of sp³-hybridized carbons (Fsp3) is 0.526. The number of nitrogens with zero attached hydrogens (tertiary/aromatic N) is 3. The minimum atomic E-state index is 0.759. The lowest BCUT2D eigenvalue weighted by Gasteiger charge is -2.20. The fourth-order valence-corrected chi connectivity index (χ4v) is 2.86. The van der Waals surface area contributed by atoms with E-state index in [9.17, 15) is 0 Å². The lowest BCUT2D eigenvalue weighted by Crippen LogP contribution is -2.22. The van der Waals surface area contributed by atoms with Crippen molar-refractivity contribution in [3.8, 4) is 5.75 Å². The molecule has 2 aromatic rings. The molecule has 1 heterocycles. The molecule has 2 rings (SSSR count). The number of aromatic nitrogens is 2. The minimum Gasteiger partial charge on any atom is -0.496 e. The third kappa shape index (κ3) is 4.51. The summed E-state index contributed by atoms with van der Waals surface area (Å²) in [5.41, 5.74) is 3.65. The van der Waals surface area contributed by atoms with Crippen molar-refractivity contribution in [3.05, 3.63) is 41.1 Å². The van der Waals surface area contributed by atoms with E-state index in [0.29, 0.717) is 0 Å². The van der Waals surface area contributed by atoms with Crippen molar-refractivity contribution in [2.45, 2.75) is 47.3 Å². The number of ether oxygens (including phenoxy) is 1. The molecule has 5 heteroatoms. The van der Waals surface area contributed by atoms with Gasteiger partial charge < -0.3 is 10.1 Å². The average molecular weight is 330 g/mol. The average Bonchev–Trinajstić information content (AvgIpc) is 2.97. The first kappa shape index (κ1) is 18.3. The van der Waals surface area contributed by atoms with Gasteiger partial charge in [-0.3, -0.25) is 9.58 Å². The Morgan fingerprint density at radius 2 is 1.92 bits per heavy atom. The van der Waals surface area contributed by atoms with Gasteiger partial charge in [0.15, 0.2) is 0 Å². The quantitative estimate of drug-likeness (QED) is 0.762. The first-order valence-corrected chi connectivity index (χ1v) is 8.77. The lowest BCUT2D eigenvalue weighted by atomic mass is 10.1. The van der Waals surface area contributed by atoms with E-state index >= 15 is 0 Å². The van der Waals surface area contributed by atoms with Crippen LogP contribution in [0.2, 0.25) is 0 Å². The Kier molecular flexibility index (Phi) is 6.67. The van der Waals surface area contributed by atoms with Crippen molar-refractivity contribution in [2.24, 2.45) is 0 Å².